The van der Waals surface area contributed by atoms with E-state index in [1.165, 1.54) is 35.4 Å². The fourth-order valence-corrected chi connectivity index (χ4v) is 4.96. The normalized spacial score (nSPS) is 13.4. The highest BCUT2D eigenvalue weighted by molar-refractivity contribution is 5.80. The van der Waals surface area contributed by atoms with Gasteiger partial charge in [0.2, 0.25) is 5.95 Å². The van der Waals surface area contributed by atoms with Gasteiger partial charge in [0.15, 0.2) is 5.65 Å². The van der Waals surface area contributed by atoms with E-state index < -0.39 is 0 Å². The van der Waals surface area contributed by atoms with Crippen LogP contribution in [0.15, 0.2) is 30.5 Å². The van der Waals surface area contributed by atoms with Crippen molar-refractivity contribution in [3.05, 3.63) is 58.8 Å². The van der Waals surface area contributed by atoms with Crippen molar-refractivity contribution in [3.63, 3.8) is 0 Å². The van der Waals surface area contributed by atoms with Gasteiger partial charge in [-0.3, -0.25) is 0 Å². The molecule has 1 aliphatic rings. The summed E-state index contributed by atoms with van der Waals surface area (Å²) in [6, 6.07) is 8.44. The van der Waals surface area contributed by atoms with Crippen LogP contribution in [0.1, 0.15) is 96.1 Å². The molecule has 2 N–H and O–H groups in total. The maximum absolute atomic E-state index is 5.83. The molecule has 7 heteroatoms. The highest BCUT2D eigenvalue weighted by Gasteiger charge is 2.27. The van der Waals surface area contributed by atoms with Crippen LogP contribution >= 0.6 is 0 Å². The Labute approximate surface area is 247 Å². The Balaban J connectivity index is 0.000000230. The van der Waals surface area contributed by atoms with Crippen LogP contribution in [0.25, 0.3) is 22.3 Å². The van der Waals surface area contributed by atoms with Crippen LogP contribution in [0.3, 0.4) is 0 Å². The molecule has 5 rings (SSSR count). The molecular formula is C34H50N6O. The molecule has 41 heavy (non-hydrogen) atoms. The lowest BCUT2D eigenvalue weighted by Crippen LogP contribution is -2.24. The summed E-state index contributed by atoms with van der Waals surface area (Å²) < 4.78 is 5.83. The standard InChI is InChI=1S/C19H24N4O.C12H18N2.C3H8/c1-4-9-24-17-8-7-14(10-13(17)5-2)15-11-16-18(21-12-15)23-19(22-16)20-6-3;1-8-10-7-12(3,4)6-5-11(10)14-9(2)13-8;1-3-2/h7-8,10-12H,4-6,9H2,1-3H3,(H2,20,21,22,23);5-7H2,1-4H3;3H2,1-2H3. The molecule has 0 unspecified atom stereocenters. The van der Waals surface area contributed by atoms with E-state index in [-0.39, 0.29) is 0 Å². The van der Waals surface area contributed by atoms with Gasteiger partial charge in [-0.25, -0.2) is 15.0 Å². The minimum Gasteiger partial charge on any atom is -0.493 e. The topological polar surface area (TPSA) is 88.6 Å². The summed E-state index contributed by atoms with van der Waals surface area (Å²) in [6.07, 6.45) is 8.58. The number of ether oxygens (including phenoxy) is 1. The summed E-state index contributed by atoms with van der Waals surface area (Å²) in [5, 5.41) is 3.18. The van der Waals surface area contributed by atoms with E-state index in [1.807, 2.05) is 20.0 Å². The molecule has 0 fully saturated rings. The molecule has 4 aromatic rings. The molecule has 1 aromatic carbocycles. The number of nitrogens with one attached hydrogen (secondary N) is 2. The Bertz CT molecular complexity index is 1410. The number of benzene rings is 1. The van der Waals surface area contributed by atoms with E-state index in [4.69, 9.17) is 4.74 Å². The van der Waals surface area contributed by atoms with Crippen LogP contribution < -0.4 is 10.1 Å². The van der Waals surface area contributed by atoms with Gasteiger partial charge in [0, 0.05) is 29.7 Å². The SMILES string of the molecule is CCC.CCCOc1ccc(-c2cnc3nc(NCC)[nH]c3c2)cc1CC.Cc1nc(C)c2c(n1)CCC(C)(C)C2. The van der Waals surface area contributed by atoms with Crippen molar-refractivity contribution < 1.29 is 4.74 Å². The first-order chi connectivity index (χ1) is 19.6. The van der Waals surface area contributed by atoms with Crippen molar-refractivity contribution in [2.75, 3.05) is 18.5 Å². The second-order valence-corrected chi connectivity index (χ2v) is 11.6. The van der Waals surface area contributed by atoms with Crippen LogP contribution in [0.2, 0.25) is 0 Å². The number of aryl methyl sites for hydroxylation is 4. The lowest BCUT2D eigenvalue weighted by Gasteiger charge is -2.31. The number of hydrogen-bond acceptors (Lipinski definition) is 6. The zero-order valence-corrected chi connectivity index (χ0v) is 26.7. The number of pyridine rings is 1. The molecule has 0 amide bonds. The zero-order chi connectivity index (χ0) is 30.0. The van der Waals surface area contributed by atoms with Crippen LogP contribution in [-0.2, 0) is 19.3 Å². The van der Waals surface area contributed by atoms with Crippen molar-refractivity contribution in [3.8, 4) is 16.9 Å². The fourth-order valence-electron chi connectivity index (χ4n) is 4.96. The van der Waals surface area contributed by atoms with Gasteiger partial charge in [0.05, 0.1) is 12.1 Å². The monoisotopic (exact) mass is 558 g/mol. The van der Waals surface area contributed by atoms with Crippen molar-refractivity contribution in [2.45, 2.75) is 101 Å². The Morgan fingerprint density at radius 1 is 0.976 bits per heavy atom. The third-order valence-corrected chi connectivity index (χ3v) is 7.02. The minimum atomic E-state index is 0.427. The Hall–Kier alpha value is -3.48. The average molecular weight is 559 g/mol. The molecule has 1 aliphatic carbocycles. The average Bonchev–Trinajstić information content (AvgIpc) is 3.35. The van der Waals surface area contributed by atoms with Gasteiger partial charge in [0.25, 0.3) is 0 Å². The Morgan fingerprint density at radius 2 is 1.73 bits per heavy atom. The Morgan fingerprint density at radius 3 is 2.41 bits per heavy atom. The molecule has 3 aromatic heterocycles. The number of rotatable bonds is 7. The summed E-state index contributed by atoms with van der Waals surface area (Å²) >= 11 is 0. The molecular weight excluding hydrogens is 508 g/mol. The number of aromatic nitrogens is 5. The highest BCUT2D eigenvalue weighted by Crippen LogP contribution is 2.34. The molecule has 0 aliphatic heterocycles. The number of H-pyrrole nitrogens is 1. The van der Waals surface area contributed by atoms with Gasteiger partial charge < -0.3 is 15.0 Å². The molecule has 0 radical (unpaired) electrons. The smallest absolute Gasteiger partial charge is 0.202 e. The van der Waals surface area contributed by atoms with Crippen molar-refractivity contribution in [2.24, 2.45) is 5.41 Å². The number of aromatic amines is 1. The zero-order valence-electron chi connectivity index (χ0n) is 26.7. The number of imidazole rings is 1. The maximum Gasteiger partial charge on any atom is 0.202 e. The lowest BCUT2D eigenvalue weighted by atomic mass is 9.75. The van der Waals surface area contributed by atoms with Crippen molar-refractivity contribution in [1.82, 2.24) is 24.9 Å². The van der Waals surface area contributed by atoms with Gasteiger partial charge in [-0.15, -0.1) is 0 Å². The summed E-state index contributed by atoms with van der Waals surface area (Å²) in [4.78, 5) is 21.1. The quantitative estimate of drug-likeness (QED) is 0.237. The summed E-state index contributed by atoms with van der Waals surface area (Å²) in [5.41, 5.74) is 9.40. The van der Waals surface area contributed by atoms with E-state index in [0.29, 0.717) is 5.41 Å². The molecule has 0 spiro atoms. The van der Waals surface area contributed by atoms with E-state index >= 15 is 0 Å². The fraction of sp³-hybridized carbons (Fsp3) is 0.529. The van der Waals surface area contributed by atoms with Crippen LogP contribution in [0.4, 0.5) is 5.95 Å². The van der Waals surface area contributed by atoms with Gasteiger partial charge in [-0.05, 0) is 93.2 Å². The second kappa shape index (κ2) is 14.9. The predicted molar refractivity (Wildman–Crippen MR) is 172 cm³/mol. The van der Waals surface area contributed by atoms with Gasteiger partial charge in [-0.2, -0.15) is 4.98 Å². The first-order valence-electron chi connectivity index (χ1n) is 15.3. The molecule has 0 saturated carbocycles. The van der Waals surface area contributed by atoms with Crippen molar-refractivity contribution >= 4 is 17.1 Å². The van der Waals surface area contributed by atoms with Crippen LogP contribution in [0.5, 0.6) is 5.75 Å². The van der Waals surface area contributed by atoms with Gasteiger partial charge in [-0.1, -0.05) is 54.0 Å². The molecule has 222 valence electrons. The third-order valence-electron chi connectivity index (χ3n) is 7.02. The summed E-state index contributed by atoms with van der Waals surface area (Å²) in [6.45, 7) is 20.9. The van der Waals surface area contributed by atoms with Gasteiger partial charge >= 0.3 is 0 Å². The molecule has 3 heterocycles. The predicted octanol–water partition coefficient (Wildman–Crippen LogP) is 8.43. The third kappa shape index (κ3) is 8.75. The summed E-state index contributed by atoms with van der Waals surface area (Å²) in [5.74, 6) is 2.66. The van der Waals surface area contributed by atoms with E-state index in [9.17, 15) is 0 Å². The van der Waals surface area contributed by atoms with E-state index in [2.05, 4.69) is 103 Å². The molecule has 0 atom stereocenters. The highest BCUT2D eigenvalue weighted by atomic mass is 16.5. The number of hydrogen-bond donors (Lipinski definition) is 2. The first-order valence-corrected chi connectivity index (χ1v) is 15.3. The van der Waals surface area contributed by atoms with Crippen LogP contribution in [-0.4, -0.2) is 38.1 Å². The molecule has 0 saturated heterocycles. The molecule has 0 bridgehead atoms. The second-order valence-electron chi connectivity index (χ2n) is 11.6. The first kappa shape index (κ1) is 32.0. The number of anilines is 1. The van der Waals surface area contributed by atoms with E-state index in [1.54, 1.807) is 0 Å². The largest absolute Gasteiger partial charge is 0.493 e. The van der Waals surface area contributed by atoms with Gasteiger partial charge in [0.1, 0.15) is 11.6 Å². The summed E-state index contributed by atoms with van der Waals surface area (Å²) in [7, 11) is 0. The maximum atomic E-state index is 5.83. The van der Waals surface area contributed by atoms with E-state index in [0.717, 1.165) is 78.6 Å². The minimum absolute atomic E-state index is 0.427. The lowest BCUT2D eigenvalue weighted by molar-refractivity contribution is 0.310. The number of nitrogens with zero attached hydrogens (tertiary/aromatic N) is 4. The van der Waals surface area contributed by atoms with Crippen molar-refractivity contribution in [1.29, 1.82) is 0 Å². The molecule has 7 nitrogen and oxygen atoms in total. The number of fused-ring (bicyclic) bond motifs is 2. The van der Waals surface area contributed by atoms with Crippen LogP contribution in [0, 0.1) is 19.3 Å². The Kier molecular flexibility index (Phi) is 11.7.